The number of phenolic OH excluding ortho intramolecular Hbond substituents is 1. The molecule has 0 radical (unpaired) electrons. The number of benzene rings is 3. The SMILES string of the molecule is COCC1=C2[C@@H](CC/C(=C/c3ccc(O)c4ccccc34)c3ccccc3)OC[C@@H]2[C@@H]2C(=O)N(C3CCCCC3)C(=O)[C@@H]2C1. The first-order valence-corrected chi connectivity index (χ1v) is 16.2. The van der Waals surface area contributed by atoms with Crippen molar-refractivity contribution < 1.29 is 24.2 Å². The van der Waals surface area contributed by atoms with Crippen LogP contribution in [0.5, 0.6) is 5.75 Å². The lowest BCUT2D eigenvalue weighted by atomic mass is 9.69. The second kappa shape index (κ2) is 12.3. The van der Waals surface area contributed by atoms with Crippen LogP contribution in [0.1, 0.15) is 62.5 Å². The maximum absolute atomic E-state index is 13.9. The van der Waals surface area contributed by atoms with Gasteiger partial charge < -0.3 is 14.6 Å². The van der Waals surface area contributed by atoms with E-state index in [9.17, 15) is 14.7 Å². The summed E-state index contributed by atoms with van der Waals surface area (Å²) in [7, 11) is 1.70. The van der Waals surface area contributed by atoms with Crippen LogP contribution in [-0.2, 0) is 19.1 Å². The van der Waals surface area contributed by atoms with Gasteiger partial charge in [-0.25, -0.2) is 0 Å². The molecule has 228 valence electrons. The van der Waals surface area contributed by atoms with Crippen LogP contribution < -0.4 is 0 Å². The standard InChI is InChI=1S/C38H41NO5/c1-43-22-27-21-31-36(38(42)39(37(31)41)28-12-6-3-7-13-28)32-23-44-34(35(27)32)19-17-25(24-10-4-2-5-11-24)20-26-16-18-33(40)30-15-9-8-14-29(26)30/h2,4-5,8-11,14-16,18,20,28,31-32,34,36,40H,3,6-7,12-13,17,19,21-23H2,1H3/b25-20-/t31-,32+,34-,36-/m1/s1. The number of allylic oxidation sites excluding steroid dienone is 1. The molecule has 3 aromatic carbocycles. The molecular formula is C38H41NO5. The van der Waals surface area contributed by atoms with Gasteiger partial charge in [-0.05, 0) is 71.4 Å². The lowest BCUT2D eigenvalue weighted by Crippen LogP contribution is -2.42. The molecule has 6 heteroatoms. The molecule has 6 nitrogen and oxygen atoms in total. The van der Waals surface area contributed by atoms with Crippen molar-refractivity contribution in [1.82, 2.24) is 4.90 Å². The van der Waals surface area contributed by atoms with Gasteiger partial charge in [0, 0.05) is 24.5 Å². The molecule has 4 atom stereocenters. The Bertz CT molecular complexity index is 1620. The largest absolute Gasteiger partial charge is 0.507 e. The summed E-state index contributed by atoms with van der Waals surface area (Å²) in [6.45, 7) is 0.930. The minimum absolute atomic E-state index is 0.0263. The quantitative estimate of drug-likeness (QED) is 0.171. The molecule has 2 aliphatic heterocycles. The summed E-state index contributed by atoms with van der Waals surface area (Å²) in [5, 5.41) is 12.3. The average Bonchev–Trinajstić information content (AvgIpc) is 3.59. The molecule has 1 saturated carbocycles. The summed E-state index contributed by atoms with van der Waals surface area (Å²) in [4.78, 5) is 29.3. The number of hydrogen-bond donors (Lipinski definition) is 1. The van der Waals surface area contributed by atoms with Crippen LogP contribution in [0, 0.1) is 17.8 Å². The number of fused-ring (bicyclic) bond motifs is 4. The number of methoxy groups -OCH3 is 1. The van der Waals surface area contributed by atoms with Gasteiger partial charge >= 0.3 is 0 Å². The van der Waals surface area contributed by atoms with Crippen LogP contribution >= 0.6 is 0 Å². The van der Waals surface area contributed by atoms with Crippen molar-refractivity contribution in [3.8, 4) is 5.75 Å². The monoisotopic (exact) mass is 591 g/mol. The van der Waals surface area contributed by atoms with E-state index in [-0.39, 0.29) is 47.5 Å². The third-order valence-electron chi connectivity index (χ3n) is 10.4. The number of amides is 2. The van der Waals surface area contributed by atoms with Crippen LogP contribution in [0.15, 0.2) is 77.9 Å². The first-order valence-electron chi connectivity index (χ1n) is 16.2. The molecular weight excluding hydrogens is 550 g/mol. The molecule has 2 heterocycles. The molecule has 2 amide bonds. The Labute approximate surface area is 259 Å². The van der Waals surface area contributed by atoms with Crippen LogP contribution in [0.4, 0.5) is 0 Å². The van der Waals surface area contributed by atoms with E-state index in [1.807, 2.05) is 36.4 Å². The third-order valence-corrected chi connectivity index (χ3v) is 10.4. The number of hydrogen-bond acceptors (Lipinski definition) is 5. The average molecular weight is 592 g/mol. The minimum atomic E-state index is -0.322. The van der Waals surface area contributed by atoms with E-state index < -0.39 is 0 Å². The fraction of sp³-hybridized carbons (Fsp3) is 0.421. The molecule has 0 spiro atoms. The van der Waals surface area contributed by atoms with E-state index in [0.717, 1.165) is 66.0 Å². The van der Waals surface area contributed by atoms with E-state index in [1.165, 1.54) is 17.6 Å². The number of ether oxygens (including phenoxy) is 2. The van der Waals surface area contributed by atoms with E-state index in [4.69, 9.17) is 9.47 Å². The third kappa shape index (κ3) is 5.18. The second-order valence-corrected chi connectivity index (χ2v) is 12.9. The number of phenols is 1. The first kappa shape index (κ1) is 29.0. The molecule has 0 aromatic heterocycles. The highest BCUT2D eigenvalue weighted by molar-refractivity contribution is 6.06. The number of carbonyl (C=O) groups excluding carboxylic acids is 2. The van der Waals surface area contributed by atoms with Crippen molar-refractivity contribution in [3.05, 3.63) is 89.0 Å². The van der Waals surface area contributed by atoms with Gasteiger partial charge in [-0.1, -0.05) is 86.0 Å². The van der Waals surface area contributed by atoms with Crippen molar-refractivity contribution in [2.45, 2.75) is 63.5 Å². The van der Waals surface area contributed by atoms with E-state index in [0.29, 0.717) is 19.6 Å². The van der Waals surface area contributed by atoms with Gasteiger partial charge in [0.1, 0.15) is 5.75 Å². The summed E-state index contributed by atoms with van der Waals surface area (Å²) >= 11 is 0. The van der Waals surface area contributed by atoms with Gasteiger partial charge in [0.2, 0.25) is 11.8 Å². The maximum atomic E-state index is 13.9. The van der Waals surface area contributed by atoms with E-state index in [2.05, 4.69) is 30.3 Å². The van der Waals surface area contributed by atoms with Gasteiger partial charge in [0.15, 0.2) is 0 Å². The minimum Gasteiger partial charge on any atom is -0.507 e. The van der Waals surface area contributed by atoms with Crippen molar-refractivity contribution >= 4 is 34.2 Å². The number of carbonyl (C=O) groups is 2. The smallest absolute Gasteiger partial charge is 0.234 e. The highest BCUT2D eigenvalue weighted by Gasteiger charge is 2.58. The highest BCUT2D eigenvalue weighted by Crippen LogP contribution is 2.51. The topological polar surface area (TPSA) is 76.1 Å². The summed E-state index contributed by atoms with van der Waals surface area (Å²) in [5.41, 5.74) is 5.73. The molecule has 3 aromatic rings. The molecule has 3 fully saturated rings. The predicted molar refractivity (Wildman–Crippen MR) is 172 cm³/mol. The molecule has 2 aliphatic carbocycles. The van der Waals surface area contributed by atoms with E-state index in [1.54, 1.807) is 18.1 Å². The molecule has 1 N–H and O–H groups in total. The Morgan fingerprint density at radius 2 is 1.68 bits per heavy atom. The van der Waals surface area contributed by atoms with Crippen molar-refractivity contribution in [2.75, 3.05) is 20.3 Å². The van der Waals surface area contributed by atoms with Crippen molar-refractivity contribution in [2.24, 2.45) is 17.8 Å². The van der Waals surface area contributed by atoms with Gasteiger partial charge in [0.05, 0.1) is 31.2 Å². The normalized spacial score (nSPS) is 26.0. The fourth-order valence-electron chi connectivity index (χ4n) is 8.36. The zero-order chi connectivity index (χ0) is 30.2. The van der Waals surface area contributed by atoms with Crippen LogP contribution in [-0.4, -0.2) is 54.3 Å². The predicted octanol–water partition coefficient (Wildman–Crippen LogP) is 7.16. The summed E-state index contributed by atoms with van der Waals surface area (Å²) < 4.78 is 12.2. The summed E-state index contributed by atoms with van der Waals surface area (Å²) in [5.74, 6) is -0.359. The molecule has 4 aliphatic rings. The molecule has 2 saturated heterocycles. The molecule has 0 bridgehead atoms. The van der Waals surface area contributed by atoms with Gasteiger partial charge in [-0.2, -0.15) is 0 Å². The summed E-state index contributed by atoms with van der Waals surface area (Å²) in [6, 6.07) is 22.1. The summed E-state index contributed by atoms with van der Waals surface area (Å²) in [6.07, 6.45) is 9.43. The Morgan fingerprint density at radius 1 is 0.932 bits per heavy atom. The zero-order valence-electron chi connectivity index (χ0n) is 25.4. The maximum Gasteiger partial charge on any atom is 0.234 e. The fourth-order valence-corrected chi connectivity index (χ4v) is 8.36. The Balaban J connectivity index is 1.18. The number of likely N-dealkylation sites (tertiary alicyclic amines) is 1. The van der Waals surface area contributed by atoms with Crippen molar-refractivity contribution in [1.29, 1.82) is 0 Å². The Hall–Kier alpha value is -3.74. The molecule has 44 heavy (non-hydrogen) atoms. The second-order valence-electron chi connectivity index (χ2n) is 12.9. The van der Waals surface area contributed by atoms with Crippen molar-refractivity contribution in [3.63, 3.8) is 0 Å². The first-order chi connectivity index (χ1) is 21.5. The van der Waals surface area contributed by atoms with Crippen LogP contribution in [0.25, 0.3) is 22.4 Å². The Kier molecular flexibility index (Phi) is 8.13. The van der Waals surface area contributed by atoms with Gasteiger partial charge in [0.25, 0.3) is 0 Å². The highest BCUT2D eigenvalue weighted by atomic mass is 16.5. The number of aromatic hydroxyl groups is 1. The number of imide groups is 1. The van der Waals surface area contributed by atoms with Crippen LogP contribution in [0.3, 0.4) is 0 Å². The number of nitrogens with zero attached hydrogens (tertiary/aromatic N) is 1. The van der Waals surface area contributed by atoms with Gasteiger partial charge in [-0.15, -0.1) is 0 Å². The lowest BCUT2D eigenvalue weighted by molar-refractivity contribution is -0.143. The van der Waals surface area contributed by atoms with Crippen LogP contribution in [0.2, 0.25) is 0 Å². The molecule has 7 rings (SSSR count). The van der Waals surface area contributed by atoms with E-state index >= 15 is 0 Å². The Morgan fingerprint density at radius 3 is 2.45 bits per heavy atom. The zero-order valence-corrected chi connectivity index (χ0v) is 25.4. The molecule has 0 unspecified atom stereocenters. The lowest BCUT2D eigenvalue weighted by Gasteiger charge is -2.31. The van der Waals surface area contributed by atoms with Gasteiger partial charge in [-0.3, -0.25) is 14.5 Å². The number of rotatable bonds is 8.